The van der Waals surface area contributed by atoms with Gasteiger partial charge in [-0.05, 0) is 29.8 Å². The van der Waals surface area contributed by atoms with Crippen LogP contribution in [0.3, 0.4) is 0 Å². The molecule has 3 rings (SSSR count). The molecule has 0 unspecified atom stereocenters. The van der Waals surface area contributed by atoms with Crippen molar-refractivity contribution in [2.24, 2.45) is 0 Å². The second kappa shape index (κ2) is 8.05. The predicted molar refractivity (Wildman–Crippen MR) is 99.1 cm³/mol. The van der Waals surface area contributed by atoms with Crippen LogP contribution in [0.5, 0.6) is 0 Å². The van der Waals surface area contributed by atoms with E-state index >= 15 is 0 Å². The largest absolute Gasteiger partial charge is 0.465 e. The number of nitrogens with zero attached hydrogens (tertiary/aromatic N) is 1. The van der Waals surface area contributed by atoms with Crippen molar-refractivity contribution >= 4 is 35.2 Å². The molecule has 26 heavy (non-hydrogen) atoms. The summed E-state index contributed by atoms with van der Waals surface area (Å²) in [6.45, 7) is 0.301. The third kappa shape index (κ3) is 4.05. The molecule has 134 valence electrons. The SMILES string of the molecule is COC(=O)c1ccc(CNC(=O)CN2C(=O)CSc3ccccc32)cc1. The standard InChI is InChI=1S/C19H18N2O4S/c1-25-19(24)14-8-6-13(7-9-14)10-20-17(22)11-21-15-4-2-3-5-16(15)26-12-18(21)23/h2-9H,10-12H2,1H3,(H,20,22). The maximum absolute atomic E-state index is 12.3. The summed E-state index contributed by atoms with van der Waals surface area (Å²) in [5.74, 6) is -0.386. The molecule has 1 heterocycles. The Morgan fingerprint density at radius 1 is 1.15 bits per heavy atom. The average molecular weight is 370 g/mol. The zero-order chi connectivity index (χ0) is 18.5. The monoisotopic (exact) mass is 370 g/mol. The predicted octanol–water partition coefficient (Wildman–Crippen LogP) is 2.23. The molecular weight excluding hydrogens is 352 g/mol. The van der Waals surface area contributed by atoms with Gasteiger partial charge < -0.3 is 15.0 Å². The van der Waals surface area contributed by atoms with Gasteiger partial charge in [-0.2, -0.15) is 0 Å². The Kier molecular flexibility index (Phi) is 5.58. The molecule has 0 bridgehead atoms. The van der Waals surface area contributed by atoms with Crippen molar-refractivity contribution in [2.45, 2.75) is 11.4 Å². The third-order valence-corrected chi connectivity index (χ3v) is 5.02. The Labute approximate surface area is 155 Å². The average Bonchev–Trinajstić information content (AvgIpc) is 2.68. The Morgan fingerprint density at radius 2 is 1.88 bits per heavy atom. The van der Waals surface area contributed by atoms with Crippen LogP contribution < -0.4 is 10.2 Å². The molecule has 0 saturated heterocycles. The summed E-state index contributed by atoms with van der Waals surface area (Å²) >= 11 is 1.48. The van der Waals surface area contributed by atoms with E-state index < -0.39 is 5.97 Å². The minimum Gasteiger partial charge on any atom is -0.465 e. The Morgan fingerprint density at radius 3 is 2.62 bits per heavy atom. The number of amides is 2. The Hall–Kier alpha value is -2.80. The number of para-hydroxylation sites is 1. The number of hydrogen-bond acceptors (Lipinski definition) is 5. The lowest BCUT2D eigenvalue weighted by Gasteiger charge is -2.28. The van der Waals surface area contributed by atoms with Crippen molar-refractivity contribution in [2.75, 3.05) is 24.3 Å². The number of carbonyl (C=O) groups is 3. The summed E-state index contributed by atoms with van der Waals surface area (Å²) in [6.07, 6.45) is 0. The number of hydrogen-bond donors (Lipinski definition) is 1. The first-order chi connectivity index (χ1) is 12.6. The maximum atomic E-state index is 12.3. The third-order valence-electron chi connectivity index (χ3n) is 3.97. The van der Waals surface area contributed by atoms with Gasteiger partial charge in [-0.25, -0.2) is 4.79 Å². The second-order valence-corrected chi connectivity index (χ2v) is 6.72. The van der Waals surface area contributed by atoms with Gasteiger partial charge in [0.25, 0.3) is 0 Å². The molecule has 6 nitrogen and oxygen atoms in total. The van der Waals surface area contributed by atoms with E-state index in [1.807, 2.05) is 24.3 Å². The lowest BCUT2D eigenvalue weighted by Crippen LogP contribution is -2.43. The van der Waals surface area contributed by atoms with E-state index in [-0.39, 0.29) is 18.4 Å². The highest BCUT2D eigenvalue weighted by atomic mass is 32.2. The van der Waals surface area contributed by atoms with Gasteiger partial charge >= 0.3 is 5.97 Å². The molecule has 0 fully saturated rings. The van der Waals surface area contributed by atoms with Crippen LogP contribution in [0.25, 0.3) is 0 Å². The molecule has 0 spiro atoms. The van der Waals surface area contributed by atoms with E-state index in [9.17, 15) is 14.4 Å². The highest BCUT2D eigenvalue weighted by molar-refractivity contribution is 8.00. The normalized spacial score (nSPS) is 13.1. The minimum atomic E-state index is -0.402. The number of benzene rings is 2. The Balaban J connectivity index is 1.59. The number of ether oxygens (including phenoxy) is 1. The van der Waals surface area contributed by atoms with Crippen LogP contribution >= 0.6 is 11.8 Å². The summed E-state index contributed by atoms with van der Waals surface area (Å²) in [4.78, 5) is 38.4. The van der Waals surface area contributed by atoms with E-state index in [1.54, 1.807) is 24.3 Å². The van der Waals surface area contributed by atoms with Crippen molar-refractivity contribution in [3.63, 3.8) is 0 Å². The van der Waals surface area contributed by atoms with Gasteiger partial charge in [0.2, 0.25) is 11.8 Å². The Bertz CT molecular complexity index is 836. The number of nitrogens with one attached hydrogen (secondary N) is 1. The lowest BCUT2D eigenvalue weighted by molar-refractivity contribution is -0.123. The lowest BCUT2D eigenvalue weighted by atomic mass is 10.1. The fourth-order valence-electron chi connectivity index (χ4n) is 2.60. The van der Waals surface area contributed by atoms with E-state index in [2.05, 4.69) is 10.1 Å². The summed E-state index contributed by atoms with van der Waals surface area (Å²) in [5, 5.41) is 2.80. The second-order valence-electron chi connectivity index (χ2n) is 5.70. The van der Waals surface area contributed by atoms with Crippen LogP contribution in [0, 0.1) is 0 Å². The summed E-state index contributed by atoms with van der Waals surface area (Å²) in [5.41, 5.74) is 2.08. The van der Waals surface area contributed by atoms with E-state index in [4.69, 9.17) is 0 Å². The van der Waals surface area contributed by atoms with Gasteiger partial charge in [0.1, 0.15) is 6.54 Å². The van der Waals surface area contributed by atoms with Crippen molar-refractivity contribution in [3.8, 4) is 0 Å². The van der Waals surface area contributed by atoms with Crippen LogP contribution in [0.1, 0.15) is 15.9 Å². The van der Waals surface area contributed by atoms with Gasteiger partial charge in [-0.15, -0.1) is 11.8 Å². The molecule has 0 radical (unpaired) electrons. The summed E-state index contributed by atoms with van der Waals surface area (Å²) in [6, 6.07) is 14.4. The molecule has 2 aromatic carbocycles. The molecule has 0 atom stereocenters. The highest BCUT2D eigenvalue weighted by Crippen LogP contribution is 2.34. The smallest absolute Gasteiger partial charge is 0.337 e. The molecule has 0 aromatic heterocycles. The van der Waals surface area contributed by atoms with E-state index in [0.717, 1.165) is 16.1 Å². The first kappa shape index (κ1) is 18.0. The quantitative estimate of drug-likeness (QED) is 0.817. The van der Waals surface area contributed by atoms with Crippen LogP contribution in [-0.4, -0.2) is 37.2 Å². The van der Waals surface area contributed by atoms with Gasteiger partial charge in [0.05, 0.1) is 24.1 Å². The van der Waals surface area contributed by atoms with Crippen LogP contribution in [0.2, 0.25) is 0 Å². The number of rotatable bonds is 5. The number of anilines is 1. The molecule has 2 amide bonds. The molecule has 7 heteroatoms. The van der Waals surface area contributed by atoms with Crippen molar-refractivity contribution < 1.29 is 19.1 Å². The topological polar surface area (TPSA) is 75.7 Å². The zero-order valence-electron chi connectivity index (χ0n) is 14.2. The van der Waals surface area contributed by atoms with Crippen molar-refractivity contribution in [1.29, 1.82) is 0 Å². The number of carbonyl (C=O) groups excluding carboxylic acids is 3. The van der Waals surface area contributed by atoms with Gasteiger partial charge in [0.15, 0.2) is 0 Å². The molecule has 1 aliphatic rings. The molecule has 1 N–H and O–H groups in total. The summed E-state index contributed by atoms with van der Waals surface area (Å²) < 4.78 is 4.65. The molecule has 2 aromatic rings. The molecule has 1 aliphatic heterocycles. The van der Waals surface area contributed by atoms with E-state index in [1.165, 1.54) is 23.8 Å². The number of esters is 1. The van der Waals surface area contributed by atoms with Crippen molar-refractivity contribution in [1.82, 2.24) is 5.32 Å². The number of methoxy groups -OCH3 is 1. The summed E-state index contributed by atoms with van der Waals surface area (Å²) in [7, 11) is 1.33. The highest BCUT2D eigenvalue weighted by Gasteiger charge is 2.26. The molecular formula is C19H18N2O4S. The van der Waals surface area contributed by atoms with Gasteiger partial charge in [-0.3, -0.25) is 9.59 Å². The van der Waals surface area contributed by atoms with Gasteiger partial charge in [-0.1, -0.05) is 24.3 Å². The van der Waals surface area contributed by atoms with E-state index in [0.29, 0.717) is 17.9 Å². The minimum absolute atomic E-state index is 0.0172. The van der Waals surface area contributed by atoms with Crippen molar-refractivity contribution in [3.05, 3.63) is 59.7 Å². The molecule has 0 aliphatic carbocycles. The first-order valence-corrected chi connectivity index (χ1v) is 9.03. The fourth-order valence-corrected chi connectivity index (χ4v) is 3.54. The van der Waals surface area contributed by atoms with Crippen LogP contribution in [0.4, 0.5) is 5.69 Å². The van der Waals surface area contributed by atoms with Crippen LogP contribution in [-0.2, 0) is 20.9 Å². The first-order valence-electron chi connectivity index (χ1n) is 8.04. The van der Waals surface area contributed by atoms with Crippen LogP contribution in [0.15, 0.2) is 53.4 Å². The van der Waals surface area contributed by atoms with Gasteiger partial charge in [0, 0.05) is 11.4 Å². The zero-order valence-corrected chi connectivity index (χ0v) is 15.0. The maximum Gasteiger partial charge on any atom is 0.337 e. The number of fused-ring (bicyclic) bond motifs is 1. The molecule has 0 saturated carbocycles. The number of thioether (sulfide) groups is 1. The fraction of sp³-hybridized carbons (Fsp3) is 0.211.